The van der Waals surface area contributed by atoms with Crippen LogP contribution in [0.3, 0.4) is 0 Å². The van der Waals surface area contributed by atoms with E-state index >= 15 is 0 Å². The minimum atomic E-state index is -3.84. The van der Waals surface area contributed by atoms with Gasteiger partial charge in [0.25, 0.3) is 21.6 Å². The second-order valence-corrected chi connectivity index (χ2v) is 7.83. The Morgan fingerprint density at radius 2 is 1.79 bits per heavy atom. The maximum absolute atomic E-state index is 12.7. The summed E-state index contributed by atoms with van der Waals surface area (Å²) in [6.45, 7) is 3.34. The summed E-state index contributed by atoms with van der Waals surface area (Å²) in [5, 5.41) is 17.4. The van der Waals surface area contributed by atoms with Gasteiger partial charge in [-0.2, -0.15) is 17.6 Å². The van der Waals surface area contributed by atoms with Crippen molar-refractivity contribution in [2.24, 2.45) is 0 Å². The molecule has 0 radical (unpaired) electrons. The van der Waals surface area contributed by atoms with Crippen LogP contribution in [0.15, 0.2) is 59.5 Å². The number of amides is 1. The number of nitro benzene ring substituents is 1. The fraction of sp³-hybridized carbons (Fsp3) is 0.111. The van der Waals surface area contributed by atoms with Crippen molar-refractivity contribution < 1.29 is 18.1 Å². The number of benzene rings is 2. The second kappa shape index (κ2) is 7.24. The van der Waals surface area contributed by atoms with E-state index in [1.54, 1.807) is 19.9 Å². The van der Waals surface area contributed by atoms with E-state index in [1.165, 1.54) is 42.5 Å². The Balaban J connectivity index is 1.81. The molecule has 10 heteroatoms. The number of nitrogens with zero attached hydrogens (tertiary/aromatic N) is 3. The average Bonchev–Trinajstić information content (AvgIpc) is 3.01. The highest BCUT2D eigenvalue weighted by atomic mass is 32.2. The normalized spacial score (nSPS) is 11.2. The molecule has 0 saturated carbocycles. The van der Waals surface area contributed by atoms with Crippen molar-refractivity contribution in [3.8, 4) is 0 Å². The molecule has 1 N–H and O–H groups in total. The Morgan fingerprint density at radius 1 is 1.11 bits per heavy atom. The van der Waals surface area contributed by atoms with Crippen LogP contribution in [0.1, 0.15) is 21.7 Å². The zero-order valence-electron chi connectivity index (χ0n) is 15.0. The molecule has 144 valence electrons. The van der Waals surface area contributed by atoms with Crippen molar-refractivity contribution in [1.29, 1.82) is 0 Å². The van der Waals surface area contributed by atoms with Gasteiger partial charge in [-0.25, -0.2) is 0 Å². The quantitative estimate of drug-likeness (QED) is 0.519. The standard InChI is InChI=1S/C18H16N4O5S/c1-12-10-13(2)21(20-12)28(26,27)17-8-6-15(7-9-17)19-18(23)14-4-3-5-16(11-14)22(24)25/h3-11H,1-2H3,(H,19,23). The summed E-state index contributed by atoms with van der Waals surface area (Å²) < 4.78 is 26.3. The molecule has 0 fully saturated rings. The zero-order chi connectivity index (χ0) is 20.5. The van der Waals surface area contributed by atoms with Crippen molar-refractivity contribution in [3.63, 3.8) is 0 Å². The molecule has 1 aromatic heterocycles. The van der Waals surface area contributed by atoms with Gasteiger partial charge < -0.3 is 5.32 Å². The number of nitro groups is 1. The monoisotopic (exact) mass is 400 g/mol. The number of hydrogen-bond acceptors (Lipinski definition) is 6. The maximum Gasteiger partial charge on any atom is 0.283 e. The molecule has 0 atom stereocenters. The molecule has 1 amide bonds. The number of carbonyl (C=O) groups is 1. The Bertz CT molecular complexity index is 1170. The number of non-ortho nitro benzene ring substituents is 1. The molecule has 0 aliphatic rings. The molecule has 3 aromatic rings. The minimum absolute atomic E-state index is 0.0204. The number of anilines is 1. The van der Waals surface area contributed by atoms with Gasteiger partial charge in [0.05, 0.1) is 21.2 Å². The lowest BCUT2D eigenvalue weighted by Gasteiger charge is -2.09. The first-order valence-electron chi connectivity index (χ1n) is 8.13. The number of hydrogen-bond donors (Lipinski definition) is 1. The predicted octanol–water partition coefficient (Wildman–Crippen LogP) is 2.90. The van der Waals surface area contributed by atoms with Crippen LogP contribution in [0.4, 0.5) is 11.4 Å². The molecule has 0 aliphatic carbocycles. The van der Waals surface area contributed by atoms with Gasteiger partial charge >= 0.3 is 0 Å². The van der Waals surface area contributed by atoms with Crippen LogP contribution in [0.25, 0.3) is 0 Å². The van der Waals surface area contributed by atoms with E-state index in [1.807, 2.05) is 0 Å². The first-order valence-corrected chi connectivity index (χ1v) is 9.57. The van der Waals surface area contributed by atoms with Crippen LogP contribution in [0.2, 0.25) is 0 Å². The van der Waals surface area contributed by atoms with Gasteiger partial charge in [0.15, 0.2) is 0 Å². The van der Waals surface area contributed by atoms with Crippen LogP contribution in [0, 0.1) is 24.0 Å². The van der Waals surface area contributed by atoms with E-state index in [0.29, 0.717) is 17.1 Å². The van der Waals surface area contributed by atoms with Crippen LogP contribution >= 0.6 is 0 Å². The number of aromatic nitrogens is 2. The van der Waals surface area contributed by atoms with Crippen LogP contribution in [0.5, 0.6) is 0 Å². The summed E-state index contributed by atoms with van der Waals surface area (Å²) in [6.07, 6.45) is 0. The van der Waals surface area contributed by atoms with Gasteiger partial charge in [-0.15, -0.1) is 0 Å². The molecule has 9 nitrogen and oxygen atoms in total. The molecular formula is C18H16N4O5S. The molecular weight excluding hydrogens is 384 g/mol. The summed E-state index contributed by atoms with van der Waals surface area (Å²) in [5.74, 6) is -0.544. The largest absolute Gasteiger partial charge is 0.322 e. The Hall–Kier alpha value is -3.53. The summed E-state index contributed by atoms with van der Waals surface area (Å²) in [7, 11) is -3.84. The average molecular weight is 400 g/mol. The number of nitrogens with one attached hydrogen (secondary N) is 1. The number of rotatable bonds is 5. The Morgan fingerprint density at radius 3 is 2.36 bits per heavy atom. The SMILES string of the molecule is Cc1cc(C)n(S(=O)(=O)c2ccc(NC(=O)c3cccc([N+](=O)[O-])c3)cc2)n1. The van der Waals surface area contributed by atoms with Crippen LogP contribution < -0.4 is 5.32 Å². The lowest BCUT2D eigenvalue weighted by Crippen LogP contribution is -2.16. The van der Waals surface area contributed by atoms with Gasteiger partial charge in [-0.05, 0) is 50.2 Å². The fourth-order valence-electron chi connectivity index (χ4n) is 2.63. The topological polar surface area (TPSA) is 124 Å². The van der Waals surface area contributed by atoms with E-state index in [0.717, 1.165) is 10.2 Å². The van der Waals surface area contributed by atoms with Crippen molar-refractivity contribution in [2.45, 2.75) is 18.7 Å². The van der Waals surface area contributed by atoms with Gasteiger partial charge in [0.1, 0.15) is 0 Å². The molecule has 2 aromatic carbocycles. The lowest BCUT2D eigenvalue weighted by molar-refractivity contribution is -0.384. The van der Waals surface area contributed by atoms with Gasteiger partial charge in [-0.1, -0.05) is 6.07 Å². The third-order valence-corrected chi connectivity index (χ3v) is 5.62. The van der Waals surface area contributed by atoms with Crippen molar-refractivity contribution in [3.05, 3.63) is 81.7 Å². The zero-order valence-corrected chi connectivity index (χ0v) is 15.8. The summed E-state index contributed by atoms with van der Waals surface area (Å²) >= 11 is 0. The molecule has 0 bridgehead atoms. The van der Waals surface area contributed by atoms with Crippen LogP contribution in [-0.2, 0) is 10.0 Å². The number of carbonyl (C=O) groups excluding carboxylic acids is 1. The molecule has 1 heterocycles. The summed E-state index contributed by atoms with van der Waals surface area (Å²) in [6, 6.07) is 12.6. The molecule has 0 spiro atoms. The Kier molecular flexibility index (Phi) is 4.97. The third-order valence-electron chi connectivity index (χ3n) is 3.92. The van der Waals surface area contributed by atoms with Crippen molar-refractivity contribution in [2.75, 3.05) is 5.32 Å². The lowest BCUT2D eigenvalue weighted by atomic mass is 10.2. The summed E-state index contributed by atoms with van der Waals surface area (Å²) in [4.78, 5) is 22.5. The van der Waals surface area contributed by atoms with Gasteiger partial charge in [0.2, 0.25) is 0 Å². The van der Waals surface area contributed by atoms with E-state index in [9.17, 15) is 23.3 Å². The highest BCUT2D eigenvalue weighted by Crippen LogP contribution is 2.20. The van der Waals surface area contributed by atoms with Crippen molar-refractivity contribution in [1.82, 2.24) is 9.19 Å². The smallest absolute Gasteiger partial charge is 0.283 e. The van der Waals surface area contributed by atoms with Crippen molar-refractivity contribution >= 4 is 27.3 Å². The summed E-state index contributed by atoms with van der Waals surface area (Å²) in [5.41, 5.74) is 1.35. The van der Waals surface area contributed by atoms with E-state index in [-0.39, 0.29) is 16.1 Å². The second-order valence-electron chi connectivity index (χ2n) is 6.06. The van der Waals surface area contributed by atoms with Gasteiger partial charge in [0, 0.05) is 23.4 Å². The number of aryl methyl sites for hydroxylation is 2. The third kappa shape index (κ3) is 3.76. The first-order chi connectivity index (χ1) is 13.2. The Labute approximate surface area is 160 Å². The van der Waals surface area contributed by atoms with E-state index in [2.05, 4.69) is 10.4 Å². The maximum atomic E-state index is 12.7. The highest BCUT2D eigenvalue weighted by Gasteiger charge is 2.20. The molecule has 0 unspecified atom stereocenters. The first kappa shape index (κ1) is 19.2. The van der Waals surface area contributed by atoms with Crippen LogP contribution in [-0.4, -0.2) is 28.4 Å². The van der Waals surface area contributed by atoms with E-state index < -0.39 is 20.9 Å². The molecule has 28 heavy (non-hydrogen) atoms. The molecule has 0 aliphatic heterocycles. The van der Waals surface area contributed by atoms with E-state index in [4.69, 9.17) is 0 Å². The fourth-order valence-corrected chi connectivity index (χ4v) is 3.97. The highest BCUT2D eigenvalue weighted by molar-refractivity contribution is 7.89. The molecule has 0 saturated heterocycles. The van der Waals surface area contributed by atoms with Gasteiger partial charge in [-0.3, -0.25) is 14.9 Å². The minimum Gasteiger partial charge on any atom is -0.322 e. The predicted molar refractivity (Wildman–Crippen MR) is 102 cm³/mol. The molecule has 3 rings (SSSR count).